The van der Waals surface area contributed by atoms with Crippen molar-refractivity contribution < 1.29 is 0 Å². The summed E-state index contributed by atoms with van der Waals surface area (Å²) in [6.45, 7) is 3.53. The van der Waals surface area contributed by atoms with E-state index in [1.165, 1.54) is 6.54 Å². The largest absolute Gasteiger partial charge is 0.294 e. The molecule has 0 amide bonds. The standard InChI is InChI=1S/C6H9I2N/c7-6(8)5-9-3-1-2-4-9/h1-2,6H,3-5H2. The van der Waals surface area contributed by atoms with E-state index in [0.29, 0.717) is 0 Å². The lowest BCUT2D eigenvalue weighted by Gasteiger charge is -2.14. The highest BCUT2D eigenvalue weighted by atomic mass is 127. The molecule has 1 aliphatic heterocycles. The summed E-state index contributed by atoms with van der Waals surface area (Å²) in [6, 6.07) is 0. The average molecular weight is 349 g/mol. The fourth-order valence-electron chi connectivity index (χ4n) is 0.866. The molecule has 1 aliphatic rings. The van der Waals surface area contributed by atoms with Crippen molar-refractivity contribution >= 4 is 45.2 Å². The Bertz CT molecular complexity index is 104. The van der Waals surface area contributed by atoms with Crippen molar-refractivity contribution in [1.82, 2.24) is 4.90 Å². The molecule has 0 saturated heterocycles. The Labute approximate surface area is 83.2 Å². The normalized spacial score (nSPS) is 19.9. The van der Waals surface area contributed by atoms with Gasteiger partial charge < -0.3 is 0 Å². The quantitative estimate of drug-likeness (QED) is 0.419. The van der Waals surface area contributed by atoms with Crippen LogP contribution in [0.3, 0.4) is 0 Å². The van der Waals surface area contributed by atoms with Crippen LogP contribution < -0.4 is 0 Å². The first-order valence-electron chi connectivity index (χ1n) is 2.94. The van der Waals surface area contributed by atoms with Gasteiger partial charge >= 0.3 is 0 Å². The molecule has 1 rings (SSSR count). The summed E-state index contributed by atoms with van der Waals surface area (Å²) >= 11 is 4.90. The first-order valence-corrected chi connectivity index (χ1v) is 5.43. The van der Waals surface area contributed by atoms with Crippen LogP contribution in [0, 0.1) is 0 Å². The molecule has 0 aromatic heterocycles. The van der Waals surface area contributed by atoms with Gasteiger partial charge in [0.1, 0.15) is 0 Å². The maximum absolute atomic E-state index is 2.45. The van der Waals surface area contributed by atoms with Gasteiger partial charge in [-0.1, -0.05) is 57.3 Å². The van der Waals surface area contributed by atoms with Crippen molar-refractivity contribution in [2.24, 2.45) is 0 Å². The highest BCUT2D eigenvalue weighted by molar-refractivity contribution is 14.2. The molecular formula is C6H9I2N. The van der Waals surface area contributed by atoms with Crippen molar-refractivity contribution in [3.63, 3.8) is 0 Å². The van der Waals surface area contributed by atoms with Gasteiger partial charge in [-0.3, -0.25) is 4.90 Å². The lowest BCUT2D eigenvalue weighted by atomic mass is 10.6. The zero-order chi connectivity index (χ0) is 6.69. The second kappa shape index (κ2) is 4.12. The first kappa shape index (κ1) is 8.26. The summed E-state index contributed by atoms with van der Waals surface area (Å²) in [5, 5.41) is 0. The lowest BCUT2D eigenvalue weighted by Crippen LogP contribution is -2.24. The maximum atomic E-state index is 2.45. The van der Waals surface area contributed by atoms with Crippen molar-refractivity contribution in [2.75, 3.05) is 19.6 Å². The topological polar surface area (TPSA) is 3.24 Å². The molecule has 52 valence electrons. The van der Waals surface area contributed by atoms with E-state index in [-0.39, 0.29) is 0 Å². The number of halogens is 2. The van der Waals surface area contributed by atoms with Gasteiger partial charge in [-0.25, -0.2) is 0 Å². The van der Waals surface area contributed by atoms with E-state index in [1.54, 1.807) is 0 Å². The van der Waals surface area contributed by atoms with E-state index in [2.05, 4.69) is 62.2 Å². The van der Waals surface area contributed by atoms with E-state index in [0.717, 1.165) is 15.0 Å². The molecule has 1 nitrogen and oxygen atoms in total. The van der Waals surface area contributed by atoms with Crippen molar-refractivity contribution in [3.05, 3.63) is 12.2 Å². The lowest BCUT2D eigenvalue weighted by molar-refractivity contribution is 0.376. The zero-order valence-electron chi connectivity index (χ0n) is 5.06. The van der Waals surface area contributed by atoms with Gasteiger partial charge in [0.2, 0.25) is 0 Å². The van der Waals surface area contributed by atoms with Crippen molar-refractivity contribution in [2.45, 2.75) is 1.93 Å². The fourth-order valence-corrected chi connectivity index (χ4v) is 1.98. The van der Waals surface area contributed by atoms with Crippen LogP contribution in [0.25, 0.3) is 0 Å². The fraction of sp³-hybridized carbons (Fsp3) is 0.667. The first-order chi connectivity index (χ1) is 4.29. The van der Waals surface area contributed by atoms with Crippen molar-refractivity contribution in [1.29, 1.82) is 0 Å². The molecule has 0 fully saturated rings. The van der Waals surface area contributed by atoms with Crippen LogP contribution in [-0.2, 0) is 0 Å². The zero-order valence-corrected chi connectivity index (χ0v) is 9.37. The molecule has 3 heteroatoms. The molecule has 0 aliphatic carbocycles. The van der Waals surface area contributed by atoms with Gasteiger partial charge in [0, 0.05) is 19.6 Å². The summed E-state index contributed by atoms with van der Waals surface area (Å²) in [6.07, 6.45) is 4.46. The van der Waals surface area contributed by atoms with E-state index >= 15 is 0 Å². The molecule has 0 saturated carbocycles. The van der Waals surface area contributed by atoms with Gasteiger partial charge in [0.05, 0.1) is 1.93 Å². The van der Waals surface area contributed by atoms with Crippen LogP contribution in [0.5, 0.6) is 0 Å². The SMILES string of the molecule is IC(I)CN1CC=CC1. The third kappa shape index (κ3) is 3.18. The van der Waals surface area contributed by atoms with E-state index in [9.17, 15) is 0 Å². The van der Waals surface area contributed by atoms with E-state index < -0.39 is 0 Å². The third-order valence-electron chi connectivity index (χ3n) is 1.29. The van der Waals surface area contributed by atoms with Crippen LogP contribution in [0.1, 0.15) is 0 Å². The molecule has 9 heavy (non-hydrogen) atoms. The van der Waals surface area contributed by atoms with Gasteiger partial charge in [0.15, 0.2) is 0 Å². The second-order valence-corrected chi connectivity index (χ2v) is 7.47. The van der Waals surface area contributed by atoms with Gasteiger partial charge in [0.25, 0.3) is 0 Å². The van der Waals surface area contributed by atoms with Crippen LogP contribution in [0.15, 0.2) is 12.2 Å². The highest BCUT2D eigenvalue weighted by Crippen LogP contribution is 2.12. The Morgan fingerprint density at radius 2 is 1.89 bits per heavy atom. The molecule has 0 spiro atoms. The van der Waals surface area contributed by atoms with Crippen molar-refractivity contribution in [3.8, 4) is 0 Å². The molecule has 0 aromatic carbocycles. The van der Waals surface area contributed by atoms with Crippen LogP contribution >= 0.6 is 45.2 Å². The monoisotopic (exact) mass is 349 g/mol. The van der Waals surface area contributed by atoms with Gasteiger partial charge in [-0.15, -0.1) is 0 Å². The summed E-state index contributed by atoms with van der Waals surface area (Å²) in [5.41, 5.74) is 0. The third-order valence-corrected chi connectivity index (χ3v) is 2.08. The van der Waals surface area contributed by atoms with Gasteiger partial charge in [-0.05, 0) is 0 Å². The Morgan fingerprint density at radius 1 is 1.33 bits per heavy atom. The van der Waals surface area contributed by atoms with E-state index in [1.807, 2.05) is 0 Å². The average Bonchev–Trinajstić information content (AvgIpc) is 2.15. The summed E-state index contributed by atoms with van der Waals surface area (Å²) in [4.78, 5) is 2.43. The predicted molar refractivity (Wildman–Crippen MR) is 57.4 cm³/mol. The minimum Gasteiger partial charge on any atom is -0.294 e. The summed E-state index contributed by atoms with van der Waals surface area (Å²) < 4.78 is 0.750. The maximum Gasteiger partial charge on any atom is 0.0753 e. The minimum absolute atomic E-state index is 0.750. The number of hydrogen-bond donors (Lipinski definition) is 0. The second-order valence-electron chi connectivity index (χ2n) is 2.08. The highest BCUT2D eigenvalue weighted by Gasteiger charge is 2.08. The smallest absolute Gasteiger partial charge is 0.0753 e. The number of alkyl halides is 2. The van der Waals surface area contributed by atoms with Crippen LogP contribution in [0.2, 0.25) is 0 Å². The summed E-state index contributed by atoms with van der Waals surface area (Å²) in [7, 11) is 0. The Morgan fingerprint density at radius 3 is 2.33 bits per heavy atom. The summed E-state index contributed by atoms with van der Waals surface area (Å²) in [5.74, 6) is 0. The molecular weight excluding hydrogens is 340 g/mol. The molecule has 0 radical (unpaired) electrons. The van der Waals surface area contributed by atoms with E-state index in [4.69, 9.17) is 0 Å². The minimum atomic E-state index is 0.750. The van der Waals surface area contributed by atoms with Gasteiger partial charge in [-0.2, -0.15) is 0 Å². The van der Waals surface area contributed by atoms with Crippen LogP contribution in [-0.4, -0.2) is 26.5 Å². The predicted octanol–water partition coefficient (Wildman–Crippen LogP) is 2.05. The number of hydrogen-bond acceptors (Lipinski definition) is 1. The number of nitrogens with zero attached hydrogens (tertiary/aromatic N) is 1. The van der Waals surface area contributed by atoms with Crippen LogP contribution in [0.4, 0.5) is 0 Å². The molecule has 0 unspecified atom stereocenters. The molecule has 1 heterocycles. The Balaban J connectivity index is 2.14. The number of rotatable bonds is 2. The molecule has 0 aromatic rings. The molecule has 0 bridgehead atoms. The Hall–Kier alpha value is 1.16. The molecule has 0 atom stereocenters. The Kier molecular flexibility index (Phi) is 3.78. The molecule has 0 N–H and O–H groups in total.